The minimum atomic E-state index is -0.116. The summed E-state index contributed by atoms with van der Waals surface area (Å²) in [6.45, 7) is 2.96. The summed E-state index contributed by atoms with van der Waals surface area (Å²) in [7, 11) is 0. The average molecular weight is 310 g/mol. The third-order valence-electron chi connectivity index (χ3n) is 3.04. The number of nitrogens with one attached hydrogen (secondary N) is 1. The third kappa shape index (κ3) is 3.42. The van der Waals surface area contributed by atoms with Crippen LogP contribution < -0.4 is 11.1 Å². The Morgan fingerprint density at radius 1 is 1.25 bits per heavy atom. The lowest BCUT2D eigenvalue weighted by Crippen LogP contribution is -2.24. The van der Waals surface area contributed by atoms with Crippen molar-refractivity contribution in [3.63, 3.8) is 0 Å². The third-order valence-corrected chi connectivity index (χ3v) is 3.59. The fourth-order valence-corrected chi connectivity index (χ4v) is 2.49. The second-order valence-corrected chi connectivity index (χ2v) is 5.38. The van der Waals surface area contributed by atoms with E-state index >= 15 is 0 Å². The summed E-state index contributed by atoms with van der Waals surface area (Å²) in [4.78, 5) is 4.13. The topological polar surface area (TPSA) is 50.9 Å². The van der Waals surface area contributed by atoms with Crippen molar-refractivity contribution in [2.24, 2.45) is 0 Å². The highest BCUT2D eigenvalue weighted by Crippen LogP contribution is 2.31. The van der Waals surface area contributed by atoms with Crippen LogP contribution in [0.1, 0.15) is 30.5 Å². The van der Waals surface area contributed by atoms with Crippen molar-refractivity contribution < 1.29 is 0 Å². The Bertz CT molecular complexity index is 587. The SMILES string of the molecule is CCCNC(c1ccccc1Cl)c1cc(Cl)cnc1N. The van der Waals surface area contributed by atoms with Crippen LogP contribution >= 0.6 is 23.2 Å². The molecule has 0 bridgehead atoms. The monoisotopic (exact) mass is 309 g/mol. The zero-order valence-corrected chi connectivity index (χ0v) is 12.7. The number of nitrogen functional groups attached to an aromatic ring is 1. The Kier molecular flexibility index (Phi) is 5.24. The number of nitrogens with two attached hydrogens (primary N) is 1. The maximum absolute atomic E-state index is 6.31. The van der Waals surface area contributed by atoms with Gasteiger partial charge in [0.2, 0.25) is 0 Å². The quantitative estimate of drug-likeness (QED) is 0.875. The molecular weight excluding hydrogens is 293 g/mol. The highest BCUT2D eigenvalue weighted by molar-refractivity contribution is 6.31. The number of nitrogens with zero attached hydrogens (tertiary/aromatic N) is 1. The second kappa shape index (κ2) is 6.93. The Balaban J connectivity index is 2.47. The molecule has 1 aromatic heterocycles. The van der Waals surface area contributed by atoms with Gasteiger partial charge in [-0.2, -0.15) is 0 Å². The van der Waals surface area contributed by atoms with E-state index in [1.54, 1.807) is 6.20 Å². The molecule has 2 aromatic rings. The van der Waals surface area contributed by atoms with Gasteiger partial charge in [-0.3, -0.25) is 0 Å². The molecule has 1 atom stereocenters. The number of rotatable bonds is 5. The van der Waals surface area contributed by atoms with Crippen LogP contribution in [-0.4, -0.2) is 11.5 Å². The van der Waals surface area contributed by atoms with E-state index in [0.717, 1.165) is 24.1 Å². The predicted molar refractivity (Wildman–Crippen MR) is 85.2 cm³/mol. The molecule has 1 heterocycles. The van der Waals surface area contributed by atoms with Crippen molar-refractivity contribution in [2.45, 2.75) is 19.4 Å². The van der Waals surface area contributed by atoms with Crippen LogP contribution in [0, 0.1) is 0 Å². The van der Waals surface area contributed by atoms with Crippen LogP contribution in [0.2, 0.25) is 10.0 Å². The maximum atomic E-state index is 6.31. The van der Waals surface area contributed by atoms with Gasteiger partial charge in [0.25, 0.3) is 0 Å². The number of hydrogen-bond donors (Lipinski definition) is 2. The van der Waals surface area contributed by atoms with Crippen molar-refractivity contribution >= 4 is 29.0 Å². The molecule has 0 aliphatic heterocycles. The molecule has 0 amide bonds. The first-order chi connectivity index (χ1) is 9.63. The minimum absolute atomic E-state index is 0.116. The fourth-order valence-electron chi connectivity index (χ4n) is 2.08. The van der Waals surface area contributed by atoms with Crippen molar-refractivity contribution in [3.8, 4) is 0 Å². The molecular formula is C15H17Cl2N3. The largest absolute Gasteiger partial charge is 0.383 e. The Labute approximate surface area is 129 Å². The van der Waals surface area contributed by atoms with Crippen LogP contribution in [0.15, 0.2) is 36.5 Å². The highest BCUT2D eigenvalue weighted by atomic mass is 35.5. The minimum Gasteiger partial charge on any atom is -0.383 e. The zero-order chi connectivity index (χ0) is 14.5. The summed E-state index contributed by atoms with van der Waals surface area (Å²) >= 11 is 12.3. The van der Waals surface area contributed by atoms with E-state index in [4.69, 9.17) is 28.9 Å². The van der Waals surface area contributed by atoms with Crippen molar-refractivity contribution in [1.82, 2.24) is 10.3 Å². The fraction of sp³-hybridized carbons (Fsp3) is 0.267. The number of anilines is 1. The van der Waals surface area contributed by atoms with Crippen LogP contribution in [0.5, 0.6) is 0 Å². The number of hydrogen-bond acceptors (Lipinski definition) is 3. The number of halogens is 2. The Morgan fingerprint density at radius 3 is 2.70 bits per heavy atom. The first-order valence-electron chi connectivity index (χ1n) is 6.52. The van der Waals surface area contributed by atoms with Gasteiger partial charge in [-0.15, -0.1) is 0 Å². The van der Waals surface area contributed by atoms with Gasteiger partial charge in [-0.1, -0.05) is 48.3 Å². The Hall–Kier alpha value is -1.29. The van der Waals surface area contributed by atoms with Crippen molar-refractivity contribution in [3.05, 3.63) is 57.7 Å². The molecule has 5 heteroatoms. The lowest BCUT2D eigenvalue weighted by molar-refractivity contribution is 0.599. The van der Waals surface area contributed by atoms with Gasteiger partial charge < -0.3 is 11.1 Å². The van der Waals surface area contributed by atoms with Gasteiger partial charge in [0.1, 0.15) is 5.82 Å². The smallest absolute Gasteiger partial charge is 0.128 e. The van der Waals surface area contributed by atoms with Crippen LogP contribution in [0.4, 0.5) is 5.82 Å². The molecule has 0 aliphatic rings. The van der Waals surface area contributed by atoms with Gasteiger partial charge in [-0.25, -0.2) is 4.98 Å². The summed E-state index contributed by atoms with van der Waals surface area (Å²) < 4.78 is 0. The van der Waals surface area contributed by atoms with E-state index in [1.165, 1.54) is 0 Å². The molecule has 3 nitrogen and oxygen atoms in total. The van der Waals surface area contributed by atoms with Gasteiger partial charge in [0, 0.05) is 16.8 Å². The Morgan fingerprint density at radius 2 is 2.00 bits per heavy atom. The molecule has 0 saturated carbocycles. The van der Waals surface area contributed by atoms with Crippen molar-refractivity contribution in [2.75, 3.05) is 12.3 Å². The molecule has 20 heavy (non-hydrogen) atoms. The number of aromatic nitrogens is 1. The van der Waals surface area contributed by atoms with Gasteiger partial charge >= 0.3 is 0 Å². The average Bonchev–Trinajstić information content (AvgIpc) is 2.44. The van der Waals surface area contributed by atoms with Crippen LogP contribution in [0.25, 0.3) is 0 Å². The predicted octanol–water partition coefficient (Wildman–Crippen LogP) is 4.06. The molecule has 1 unspecified atom stereocenters. The first kappa shape index (κ1) is 15.1. The normalized spacial score (nSPS) is 12.3. The summed E-state index contributed by atoms with van der Waals surface area (Å²) in [5.41, 5.74) is 7.81. The van der Waals surface area contributed by atoms with Crippen LogP contribution in [0.3, 0.4) is 0 Å². The van der Waals surface area contributed by atoms with E-state index < -0.39 is 0 Å². The van der Waals surface area contributed by atoms with E-state index in [0.29, 0.717) is 15.9 Å². The van der Waals surface area contributed by atoms with E-state index in [2.05, 4.69) is 17.2 Å². The highest BCUT2D eigenvalue weighted by Gasteiger charge is 2.19. The van der Waals surface area contributed by atoms with E-state index in [1.807, 2.05) is 30.3 Å². The number of benzene rings is 1. The summed E-state index contributed by atoms with van der Waals surface area (Å²) in [6.07, 6.45) is 2.55. The van der Waals surface area contributed by atoms with E-state index in [9.17, 15) is 0 Å². The summed E-state index contributed by atoms with van der Waals surface area (Å²) in [6, 6.07) is 9.43. The molecule has 0 spiro atoms. The van der Waals surface area contributed by atoms with Gasteiger partial charge in [0.05, 0.1) is 11.1 Å². The van der Waals surface area contributed by atoms with Crippen LogP contribution in [-0.2, 0) is 0 Å². The second-order valence-electron chi connectivity index (χ2n) is 4.54. The molecule has 106 valence electrons. The molecule has 0 fully saturated rings. The molecule has 0 aliphatic carbocycles. The lowest BCUT2D eigenvalue weighted by atomic mass is 9.99. The molecule has 0 radical (unpaired) electrons. The standard InChI is InChI=1S/C15H17Cl2N3/c1-2-7-19-14(11-5-3-4-6-13(11)17)12-8-10(16)9-20-15(12)18/h3-6,8-9,14,19H,2,7H2,1H3,(H2,18,20). The van der Waals surface area contributed by atoms with Crippen molar-refractivity contribution in [1.29, 1.82) is 0 Å². The van der Waals surface area contributed by atoms with Gasteiger partial charge in [-0.05, 0) is 30.7 Å². The maximum Gasteiger partial charge on any atom is 0.128 e. The zero-order valence-electron chi connectivity index (χ0n) is 11.2. The molecule has 2 rings (SSSR count). The molecule has 3 N–H and O–H groups in total. The summed E-state index contributed by atoms with van der Waals surface area (Å²) in [5.74, 6) is 0.461. The molecule has 0 saturated heterocycles. The van der Waals surface area contributed by atoms with Gasteiger partial charge in [0.15, 0.2) is 0 Å². The van der Waals surface area contributed by atoms with E-state index in [-0.39, 0.29) is 6.04 Å². The first-order valence-corrected chi connectivity index (χ1v) is 7.27. The lowest BCUT2D eigenvalue weighted by Gasteiger charge is -2.21. The number of pyridine rings is 1. The summed E-state index contributed by atoms with van der Waals surface area (Å²) in [5, 5.41) is 4.70. The molecule has 1 aromatic carbocycles.